The minimum atomic E-state index is -0.272. The van der Waals surface area contributed by atoms with Crippen LogP contribution in [0.25, 0.3) is 0 Å². The summed E-state index contributed by atoms with van der Waals surface area (Å²) in [5.74, 6) is 0.530. The summed E-state index contributed by atoms with van der Waals surface area (Å²) in [6.45, 7) is 2.60. The fraction of sp³-hybridized carbons (Fsp3) is 0.444. The number of hydrogen-bond donors (Lipinski definition) is 0. The predicted octanol–water partition coefficient (Wildman–Crippen LogP) is 2.13. The molecule has 1 unspecified atom stereocenters. The normalized spacial score (nSPS) is 17.0. The zero-order valence-corrected chi connectivity index (χ0v) is 15.0. The Hall–Kier alpha value is -2.90. The van der Waals surface area contributed by atoms with Crippen LogP contribution in [0, 0.1) is 12.8 Å². The number of ketones is 1. The van der Waals surface area contributed by atoms with Gasteiger partial charge in [0.15, 0.2) is 23.0 Å². The van der Waals surface area contributed by atoms with Crippen LogP contribution < -0.4 is 9.47 Å². The molecule has 26 heavy (non-hydrogen) atoms. The van der Waals surface area contributed by atoms with Crippen LogP contribution in [0.2, 0.25) is 0 Å². The molecule has 1 fully saturated rings. The molecule has 3 rings (SSSR count). The molecule has 1 saturated heterocycles. The second kappa shape index (κ2) is 7.55. The van der Waals surface area contributed by atoms with Gasteiger partial charge in [-0.1, -0.05) is 5.16 Å². The van der Waals surface area contributed by atoms with Crippen LogP contribution in [0.1, 0.15) is 39.4 Å². The van der Waals surface area contributed by atoms with Crippen LogP contribution in [0.15, 0.2) is 22.8 Å². The number of carbonyl (C=O) groups excluding carboxylic acids is 2. The highest BCUT2D eigenvalue weighted by Crippen LogP contribution is 2.30. The molecule has 1 atom stereocenters. The van der Waals surface area contributed by atoms with Gasteiger partial charge in [0.05, 0.1) is 14.2 Å². The number of hydrogen-bond acceptors (Lipinski definition) is 7. The Morgan fingerprint density at radius 1 is 1.19 bits per heavy atom. The van der Waals surface area contributed by atoms with Crippen LogP contribution in [0.3, 0.4) is 0 Å². The van der Waals surface area contributed by atoms with E-state index in [9.17, 15) is 9.59 Å². The third kappa shape index (κ3) is 3.40. The largest absolute Gasteiger partial charge is 0.493 e. The lowest BCUT2D eigenvalue weighted by Gasteiger charge is -2.31. The number of amides is 1. The molecular weight excluding hydrogens is 338 g/mol. The highest BCUT2D eigenvalue weighted by atomic mass is 16.6. The average Bonchev–Trinajstić information content (AvgIpc) is 3.12. The van der Waals surface area contributed by atoms with E-state index in [2.05, 4.69) is 14.9 Å². The van der Waals surface area contributed by atoms with E-state index in [0.29, 0.717) is 35.8 Å². The van der Waals surface area contributed by atoms with Gasteiger partial charge in [0, 0.05) is 24.6 Å². The first-order valence-electron chi connectivity index (χ1n) is 8.39. The van der Waals surface area contributed by atoms with Gasteiger partial charge in [-0.05, 0) is 43.1 Å². The van der Waals surface area contributed by atoms with Gasteiger partial charge in [-0.15, -0.1) is 0 Å². The average molecular weight is 359 g/mol. The Kier molecular flexibility index (Phi) is 5.20. The summed E-state index contributed by atoms with van der Waals surface area (Å²) >= 11 is 0. The molecule has 0 radical (unpaired) electrons. The van der Waals surface area contributed by atoms with Crippen LogP contribution in [0.4, 0.5) is 0 Å². The van der Waals surface area contributed by atoms with Crippen LogP contribution >= 0.6 is 0 Å². The van der Waals surface area contributed by atoms with Gasteiger partial charge in [-0.2, -0.15) is 0 Å². The Balaban J connectivity index is 1.76. The first-order chi connectivity index (χ1) is 12.5. The zero-order valence-electron chi connectivity index (χ0n) is 15.0. The molecule has 1 aliphatic heterocycles. The van der Waals surface area contributed by atoms with Crippen molar-refractivity contribution in [2.75, 3.05) is 27.3 Å². The number of methoxy groups -OCH3 is 2. The van der Waals surface area contributed by atoms with E-state index >= 15 is 0 Å². The SMILES string of the molecule is COc1ccc(C(=O)C2CCCN(C(=O)c3nonc3C)C2)cc1OC. The lowest BCUT2D eigenvalue weighted by Crippen LogP contribution is -2.42. The van der Waals surface area contributed by atoms with E-state index in [0.717, 1.165) is 12.8 Å². The van der Waals surface area contributed by atoms with Crippen LogP contribution in [-0.2, 0) is 0 Å². The molecule has 2 heterocycles. The molecule has 8 heteroatoms. The standard InChI is InChI=1S/C18H21N3O5/c1-11-16(20-26-19-11)18(23)21-8-4-5-13(10-21)17(22)12-6-7-14(24-2)15(9-12)25-3/h6-7,9,13H,4-5,8,10H2,1-3H3. The molecule has 0 aliphatic carbocycles. The monoisotopic (exact) mass is 359 g/mol. The maximum atomic E-state index is 12.9. The summed E-state index contributed by atoms with van der Waals surface area (Å²) in [6, 6.07) is 5.10. The van der Waals surface area contributed by atoms with Gasteiger partial charge in [-0.3, -0.25) is 9.59 Å². The molecule has 0 N–H and O–H groups in total. The maximum absolute atomic E-state index is 12.9. The Morgan fingerprint density at radius 3 is 2.62 bits per heavy atom. The maximum Gasteiger partial charge on any atom is 0.278 e. The van der Waals surface area contributed by atoms with Crippen molar-refractivity contribution in [1.82, 2.24) is 15.2 Å². The highest BCUT2D eigenvalue weighted by molar-refractivity contribution is 5.99. The smallest absolute Gasteiger partial charge is 0.278 e. The van der Waals surface area contributed by atoms with Crippen molar-refractivity contribution in [1.29, 1.82) is 0 Å². The number of Topliss-reactive ketones (excluding diaryl/α,β-unsaturated/α-hetero) is 1. The third-order valence-electron chi connectivity index (χ3n) is 4.60. The van der Waals surface area contributed by atoms with Crippen molar-refractivity contribution in [2.24, 2.45) is 5.92 Å². The Labute approximate surface area is 151 Å². The molecular formula is C18H21N3O5. The summed E-state index contributed by atoms with van der Waals surface area (Å²) in [5, 5.41) is 7.31. The lowest BCUT2D eigenvalue weighted by molar-refractivity contribution is 0.0627. The first kappa shape index (κ1) is 17.9. The second-order valence-electron chi connectivity index (χ2n) is 6.22. The van der Waals surface area contributed by atoms with Gasteiger partial charge >= 0.3 is 0 Å². The van der Waals surface area contributed by atoms with E-state index in [1.54, 1.807) is 37.1 Å². The first-order valence-corrected chi connectivity index (χ1v) is 8.39. The molecule has 2 aromatic rings. The van der Waals surface area contributed by atoms with Gasteiger partial charge < -0.3 is 14.4 Å². The summed E-state index contributed by atoms with van der Waals surface area (Å²) in [6.07, 6.45) is 1.48. The number of rotatable bonds is 5. The molecule has 8 nitrogen and oxygen atoms in total. The van der Waals surface area contributed by atoms with E-state index in [1.165, 1.54) is 7.11 Å². The van der Waals surface area contributed by atoms with Crippen molar-refractivity contribution < 1.29 is 23.7 Å². The Morgan fingerprint density at radius 2 is 1.96 bits per heavy atom. The molecule has 1 aromatic carbocycles. The number of nitrogens with zero attached hydrogens (tertiary/aromatic N) is 3. The molecule has 0 saturated carbocycles. The molecule has 1 aliphatic rings. The van der Waals surface area contributed by atoms with E-state index < -0.39 is 0 Å². The molecule has 0 bridgehead atoms. The second-order valence-corrected chi connectivity index (χ2v) is 6.22. The number of aromatic nitrogens is 2. The highest BCUT2D eigenvalue weighted by Gasteiger charge is 2.31. The molecule has 0 spiro atoms. The van der Waals surface area contributed by atoms with Crippen molar-refractivity contribution in [2.45, 2.75) is 19.8 Å². The van der Waals surface area contributed by atoms with Crippen molar-refractivity contribution in [3.05, 3.63) is 35.2 Å². The van der Waals surface area contributed by atoms with Gasteiger partial charge in [0.2, 0.25) is 0 Å². The van der Waals surface area contributed by atoms with E-state index in [4.69, 9.17) is 9.47 Å². The number of carbonyl (C=O) groups is 2. The van der Waals surface area contributed by atoms with E-state index in [1.807, 2.05) is 0 Å². The zero-order chi connectivity index (χ0) is 18.7. The number of likely N-dealkylation sites (tertiary alicyclic amines) is 1. The number of aryl methyl sites for hydroxylation is 1. The fourth-order valence-corrected chi connectivity index (χ4v) is 3.18. The summed E-state index contributed by atoms with van der Waals surface area (Å²) in [7, 11) is 3.08. The minimum absolute atomic E-state index is 0.0153. The van der Waals surface area contributed by atoms with Gasteiger partial charge in [0.1, 0.15) is 5.69 Å². The number of ether oxygens (including phenoxy) is 2. The molecule has 1 aromatic heterocycles. The summed E-state index contributed by atoms with van der Waals surface area (Å²) in [5.41, 5.74) is 1.19. The third-order valence-corrected chi connectivity index (χ3v) is 4.60. The lowest BCUT2D eigenvalue weighted by atomic mass is 9.89. The minimum Gasteiger partial charge on any atom is -0.493 e. The van der Waals surface area contributed by atoms with Gasteiger partial charge in [-0.25, -0.2) is 4.63 Å². The fourth-order valence-electron chi connectivity index (χ4n) is 3.18. The van der Waals surface area contributed by atoms with Crippen molar-refractivity contribution in [3.63, 3.8) is 0 Å². The van der Waals surface area contributed by atoms with Crippen LogP contribution in [0.5, 0.6) is 11.5 Å². The summed E-state index contributed by atoms with van der Waals surface area (Å²) in [4.78, 5) is 27.1. The molecule has 1 amide bonds. The Bertz CT molecular complexity index is 817. The quantitative estimate of drug-likeness (QED) is 0.755. The van der Waals surface area contributed by atoms with Gasteiger partial charge in [0.25, 0.3) is 5.91 Å². The molecule has 138 valence electrons. The van der Waals surface area contributed by atoms with E-state index in [-0.39, 0.29) is 23.3 Å². The van der Waals surface area contributed by atoms with Crippen LogP contribution in [-0.4, -0.2) is 54.2 Å². The number of piperidine rings is 1. The summed E-state index contributed by atoms with van der Waals surface area (Å²) < 4.78 is 15.1. The van der Waals surface area contributed by atoms with Crippen molar-refractivity contribution >= 4 is 11.7 Å². The van der Waals surface area contributed by atoms with Crippen molar-refractivity contribution in [3.8, 4) is 11.5 Å². The topological polar surface area (TPSA) is 94.8 Å². The number of benzene rings is 1. The predicted molar refractivity (Wildman–Crippen MR) is 91.5 cm³/mol.